The van der Waals surface area contributed by atoms with Gasteiger partial charge in [-0.05, 0) is 66.6 Å². The third-order valence-corrected chi connectivity index (χ3v) is 6.48. The summed E-state index contributed by atoms with van der Waals surface area (Å²) in [7, 11) is 1.56. The third-order valence-electron chi connectivity index (χ3n) is 6.24. The molecule has 0 bridgehead atoms. The Morgan fingerprint density at radius 1 is 1.05 bits per heavy atom. The number of benzene rings is 3. The predicted molar refractivity (Wildman–Crippen MR) is 139 cm³/mol. The summed E-state index contributed by atoms with van der Waals surface area (Å²) >= 11 is 6.09. The van der Waals surface area contributed by atoms with Crippen molar-refractivity contribution in [3.8, 4) is 11.5 Å². The number of Topliss-reactive ketones (excluding diaryl/α,β-unsaturated/α-hetero) is 1. The van der Waals surface area contributed by atoms with Crippen molar-refractivity contribution >= 4 is 34.3 Å². The lowest BCUT2D eigenvalue weighted by atomic mass is 9.94. The van der Waals surface area contributed by atoms with E-state index in [1.54, 1.807) is 55.6 Å². The average molecular weight is 518 g/mol. The van der Waals surface area contributed by atoms with Gasteiger partial charge in [-0.3, -0.25) is 9.59 Å². The van der Waals surface area contributed by atoms with Crippen LogP contribution in [0.5, 0.6) is 11.5 Å². The molecule has 0 saturated carbocycles. The Morgan fingerprint density at radius 2 is 1.84 bits per heavy atom. The summed E-state index contributed by atoms with van der Waals surface area (Å²) in [6, 6.07) is 20.1. The molecule has 4 aromatic rings. The minimum absolute atomic E-state index is 0.00493. The van der Waals surface area contributed by atoms with Crippen molar-refractivity contribution in [3.05, 3.63) is 106 Å². The van der Waals surface area contributed by atoms with Crippen molar-refractivity contribution in [2.24, 2.45) is 0 Å². The van der Waals surface area contributed by atoms with Crippen LogP contribution in [0.2, 0.25) is 5.02 Å². The molecule has 7 nitrogen and oxygen atoms in total. The highest BCUT2D eigenvalue weighted by Crippen LogP contribution is 2.41. The molecule has 0 aliphatic carbocycles. The Kier molecular flexibility index (Phi) is 6.63. The molecule has 8 heteroatoms. The summed E-state index contributed by atoms with van der Waals surface area (Å²) in [5, 5.41) is 12.1. The zero-order chi connectivity index (χ0) is 26.1. The largest absolute Gasteiger partial charge is 0.503 e. The van der Waals surface area contributed by atoms with Gasteiger partial charge in [0.25, 0.3) is 5.91 Å². The van der Waals surface area contributed by atoms with Gasteiger partial charge in [0.05, 0.1) is 25.3 Å². The molecule has 1 aromatic heterocycles. The van der Waals surface area contributed by atoms with Gasteiger partial charge in [-0.15, -0.1) is 0 Å². The molecule has 0 spiro atoms. The maximum absolute atomic E-state index is 13.7. The number of rotatable bonds is 8. The number of amides is 1. The van der Waals surface area contributed by atoms with Crippen LogP contribution in [0.4, 0.5) is 0 Å². The number of methoxy groups -OCH3 is 1. The molecule has 1 N–H and O–H groups in total. The van der Waals surface area contributed by atoms with Crippen LogP contribution in [0.3, 0.4) is 0 Å². The van der Waals surface area contributed by atoms with Crippen LogP contribution in [0, 0.1) is 0 Å². The quantitative estimate of drug-likeness (QED) is 0.277. The summed E-state index contributed by atoms with van der Waals surface area (Å²) in [5.41, 5.74) is 1.85. The topological polar surface area (TPSA) is 89.2 Å². The van der Waals surface area contributed by atoms with E-state index < -0.39 is 23.5 Å². The first-order valence-corrected chi connectivity index (χ1v) is 12.1. The van der Waals surface area contributed by atoms with Crippen LogP contribution in [-0.4, -0.2) is 35.4 Å². The van der Waals surface area contributed by atoms with Gasteiger partial charge in [-0.25, -0.2) is 0 Å². The van der Waals surface area contributed by atoms with E-state index in [-0.39, 0.29) is 17.9 Å². The van der Waals surface area contributed by atoms with Crippen molar-refractivity contribution in [3.63, 3.8) is 0 Å². The number of furan rings is 1. The number of aliphatic hydroxyl groups excluding tert-OH is 1. The number of fused-ring (bicyclic) bond motifs is 1. The number of carbonyl (C=O) groups is 2. The van der Waals surface area contributed by atoms with Crippen molar-refractivity contribution in [1.82, 2.24) is 4.90 Å². The fourth-order valence-corrected chi connectivity index (χ4v) is 4.72. The van der Waals surface area contributed by atoms with E-state index in [1.807, 2.05) is 31.2 Å². The molecule has 1 atom stereocenters. The Balaban J connectivity index is 1.57. The van der Waals surface area contributed by atoms with Crippen molar-refractivity contribution in [1.29, 1.82) is 0 Å². The molecule has 2 heterocycles. The molecule has 0 saturated heterocycles. The Labute approximate surface area is 218 Å². The number of nitrogens with zero attached hydrogens (tertiary/aromatic N) is 1. The summed E-state index contributed by atoms with van der Waals surface area (Å²) in [6.07, 6.45) is 0. The molecule has 1 aliphatic heterocycles. The minimum Gasteiger partial charge on any atom is -0.503 e. The van der Waals surface area contributed by atoms with Crippen molar-refractivity contribution in [2.45, 2.75) is 19.5 Å². The van der Waals surface area contributed by atoms with Gasteiger partial charge in [-0.1, -0.05) is 35.9 Å². The first-order valence-electron chi connectivity index (χ1n) is 11.7. The number of hydrogen-bond donors (Lipinski definition) is 1. The van der Waals surface area contributed by atoms with Gasteiger partial charge in [0.15, 0.2) is 11.5 Å². The first-order chi connectivity index (χ1) is 17.9. The molecule has 3 aromatic carbocycles. The molecular weight excluding hydrogens is 494 g/mol. The SMILES string of the molecule is CCOc1cccc(CN2C(=O)C(O)=C(C(=O)c3cc4cc(Cl)ccc4o3)C2c2ccc(OC)cc2)c1. The zero-order valence-electron chi connectivity index (χ0n) is 20.2. The van der Waals surface area contributed by atoms with Gasteiger partial charge in [0.1, 0.15) is 17.1 Å². The maximum atomic E-state index is 13.7. The van der Waals surface area contributed by atoms with E-state index in [1.165, 1.54) is 4.90 Å². The normalized spacial score (nSPS) is 15.5. The Hall–Kier alpha value is -4.23. The summed E-state index contributed by atoms with van der Waals surface area (Å²) in [6.45, 7) is 2.54. The third kappa shape index (κ3) is 4.66. The van der Waals surface area contributed by atoms with Gasteiger partial charge in [-0.2, -0.15) is 0 Å². The second kappa shape index (κ2) is 10.0. The molecule has 37 heavy (non-hydrogen) atoms. The minimum atomic E-state index is -0.849. The van der Waals surface area contributed by atoms with Crippen molar-refractivity contribution < 1.29 is 28.6 Å². The average Bonchev–Trinajstić information content (AvgIpc) is 3.43. The maximum Gasteiger partial charge on any atom is 0.290 e. The van der Waals surface area contributed by atoms with Crippen LogP contribution >= 0.6 is 11.6 Å². The highest BCUT2D eigenvalue weighted by molar-refractivity contribution is 6.31. The number of ketones is 1. The second-order valence-electron chi connectivity index (χ2n) is 8.57. The van der Waals surface area contributed by atoms with Gasteiger partial charge in [0.2, 0.25) is 5.78 Å². The van der Waals surface area contributed by atoms with E-state index >= 15 is 0 Å². The zero-order valence-corrected chi connectivity index (χ0v) is 21.0. The van der Waals surface area contributed by atoms with E-state index in [4.69, 9.17) is 25.5 Å². The Bertz CT molecular complexity index is 1520. The molecule has 5 rings (SSSR count). The number of hydrogen-bond acceptors (Lipinski definition) is 6. The van der Waals surface area contributed by atoms with E-state index in [2.05, 4.69) is 0 Å². The second-order valence-corrected chi connectivity index (χ2v) is 9.01. The highest BCUT2D eigenvalue weighted by atomic mass is 35.5. The van der Waals surface area contributed by atoms with Gasteiger partial charge in [0, 0.05) is 17.0 Å². The van der Waals surface area contributed by atoms with E-state index in [9.17, 15) is 14.7 Å². The number of carbonyl (C=O) groups excluding carboxylic acids is 2. The predicted octanol–water partition coefficient (Wildman–Crippen LogP) is 6.27. The first kappa shape index (κ1) is 24.5. The molecule has 1 unspecified atom stereocenters. The van der Waals surface area contributed by atoms with Gasteiger partial charge < -0.3 is 23.9 Å². The number of halogens is 1. The molecule has 188 valence electrons. The molecule has 0 radical (unpaired) electrons. The molecule has 1 aliphatic rings. The summed E-state index contributed by atoms with van der Waals surface area (Å²) in [4.78, 5) is 28.6. The van der Waals surface area contributed by atoms with Crippen LogP contribution in [-0.2, 0) is 11.3 Å². The monoisotopic (exact) mass is 517 g/mol. The van der Waals surface area contributed by atoms with Crippen LogP contribution in [0.1, 0.15) is 34.6 Å². The van der Waals surface area contributed by atoms with E-state index in [0.717, 1.165) is 5.56 Å². The fourth-order valence-electron chi connectivity index (χ4n) is 4.54. The number of aliphatic hydroxyl groups is 1. The summed E-state index contributed by atoms with van der Waals surface area (Å²) < 4.78 is 16.6. The summed E-state index contributed by atoms with van der Waals surface area (Å²) in [5.74, 6) is -0.536. The number of ether oxygens (including phenoxy) is 2. The van der Waals surface area contributed by atoms with Crippen LogP contribution in [0.25, 0.3) is 11.0 Å². The fraction of sp³-hybridized carbons (Fsp3) is 0.172. The Morgan fingerprint density at radius 3 is 2.57 bits per heavy atom. The standard InChI is InChI=1S/C29H24ClNO6/c1-3-36-22-6-4-5-17(13-22)16-31-26(18-7-10-21(35-2)11-8-18)25(28(33)29(31)34)27(32)24-15-19-14-20(30)9-12-23(19)37-24/h4-15,26,33H,3,16H2,1-2H3. The van der Waals surface area contributed by atoms with E-state index in [0.29, 0.717) is 39.7 Å². The smallest absolute Gasteiger partial charge is 0.290 e. The van der Waals surface area contributed by atoms with Crippen LogP contribution in [0.15, 0.2) is 88.5 Å². The molecule has 0 fully saturated rings. The molecule has 1 amide bonds. The lowest BCUT2D eigenvalue weighted by molar-refractivity contribution is -0.130. The van der Waals surface area contributed by atoms with Crippen molar-refractivity contribution in [2.75, 3.05) is 13.7 Å². The van der Waals surface area contributed by atoms with Gasteiger partial charge >= 0.3 is 0 Å². The van der Waals surface area contributed by atoms with Crippen LogP contribution < -0.4 is 9.47 Å². The molecular formula is C29H24ClNO6. The lowest BCUT2D eigenvalue weighted by Gasteiger charge is -2.27. The highest BCUT2D eigenvalue weighted by Gasteiger charge is 2.44. The lowest BCUT2D eigenvalue weighted by Crippen LogP contribution is -2.30.